The molecule has 5 fully saturated rings. The van der Waals surface area contributed by atoms with Crippen LogP contribution in [0.25, 0.3) is 0 Å². The van der Waals surface area contributed by atoms with Crippen LogP contribution in [0.4, 0.5) is 9.59 Å². The van der Waals surface area contributed by atoms with Gasteiger partial charge >= 0.3 is 25.3 Å². The monoisotopic (exact) mass is 769 g/mol. The largest absolute Gasteiger partial charge is 0.496 e. The number of amides is 3. The van der Waals surface area contributed by atoms with Crippen LogP contribution in [-0.2, 0) is 35.4 Å². The first-order chi connectivity index (χ1) is 25.2. The van der Waals surface area contributed by atoms with Gasteiger partial charge in [0.2, 0.25) is 5.91 Å². The molecule has 4 saturated carbocycles. The number of alkyl carbamates (subject to hydrolysis) is 2. The molecule has 1 aliphatic heterocycles. The van der Waals surface area contributed by atoms with Gasteiger partial charge in [-0.1, -0.05) is 40.7 Å². The Bertz CT molecular complexity index is 1650. The lowest BCUT2D eigenvalue weighted by Gasteiger charge is -2.64. The van der Waals surface area contributed by atoms with Gasteiger partial charge in [-0.25, -0.2) is 14.4 Å². The summed E-state index contributed by atoms with van der Waals surface area (Å²) in [7, 11) is 0.640. The van der Waals surface area contributed by atoms with E-state index in [1.807, 2.05) is 26.8 Å². The van der Waals surface area contributed by atoms with E-state index in [4.69, 9.17) is 23.5 Å². The number of carboxylic acid groups (broad SMARTS) is 1. The van der Waals surface area contributed by atoms with Crippen molar-refractivity contribution in [2.75, 3.05) is 7.11 Å². The van der Waals surface area contributed by atoms with Gasteiger partial charge in [-0.05, 0) is 121 Å². The first-order valence-electron chi connectivity index (χ1n) is 19.8. The lowest BCUT2D eigenvalue weighted by Crippen LogP contribution is -2.65. The highest BCUT2D eigenvalue weighted by Gasteiger charge is 2.68. The number of carbonyl (C=O) groups is 4. The van der Waals surface area contributed by atoms with Crippen LogP contribution in [0.5, 0.6) is 5.75 Å². The predicted molar refractivity (Wildman–Crippen MR) is 208 cm³/mol. The highest BCUT2D eigenvalue weighted by atomic mass is 16.7. The van der Waals surface area contributed by atoms with Gasteiger partial charge < -0.3 is 44.6 Å². The van der Waals surface area contributed by atoms with Crippen molar-refractivity contribution in [2.45, 2.75) is 168 Å². The van der Waals surface area contributed by atoms with Gasteiger partial charge in [-0.2, -0.15) is 0 Å². The quantitative estimate of drug-likeness (QED) is 0.202. The van der Waals surface area contributed by atoms with E-state index in [1.54, 1.807) is 47.6 Å². The van der Waals surface area contributed by atoms with E-state index in [1.165, 1.54) is 7.11 Å². The van der Waals surface area contributed by atoms with Crippen molar-refractivity contribution in [3.63, 3.8) is 0 Å². The zero-order valence-corrected chi connectivity index (χ0v) is 35.1. The maximum Gasteiger partial charge on any atom is 0.482 e. The number of methoxy groups -OCH3 is 1. The number of rotatable bonds is 9. The van der Waals surface area contributed by atoms with Crippen molar-refractivity contribution in [3.8, 4) is 5.75 Å². The molecular formula is C41H64BN3O10. The van der Waals surface area contributed by atoms with Crippen LogP contribution in [0.3, 0.4) is 0 Å². The summed E-state index contributed by atoms with van der Waals surface area (Å²) in [4.78, 5) is 52.8. The third-order valence-electron chi connectivity index (χ3n) is 12.2. The number of aromatic carboxylic acids is 1. The molecule has 1 aromatic carbocycles. The second-order valence-corrected chi connectivity index (χ2v) is 19.9. The second kappa shape index (κ2) is 15.1. The summed E-state index contributed by atoms with van der Waals surface area (Å²) in [6.45, 7) is 23.5. The molecule has 1 heterocycles. The zero-order chi connectivity index (χ0) is 41.1. The smallest absolute Gasteiger partial charge is 0.482 e. The van der Waals surface area contributed by atoms with E-state index in [0.717, 1.165) is 18.4 Å². The fraction of sp³-hybridized carbons (Fsp3) is 0.756. The molecule has 0 spiro atoms. The van der Waals surface area contributed by atoms with Gasteiger partial charge in [0, 0.05) is 11.5 Å². The molecule has 0 radical (unpaired) electrons. The van der Waals surface area contributed by atoms with Crippen molar-refractivity contribution >= 4 is 31.2 Å². The van der Waals surface area contributed by atoms with Crippen molar-refractivity contribution in [2.24, 2.45) is 23.2 Å². The van der Waals surface area contributed by atoms with Crippen LogP contribution in [-0.4, -0.2) is 84.3 Å². The van der Waals surface area contributed by atoms with Crippen LogP contribution >= 0.6 is 0 Å². The molecular weight excluding hydrogens is 705 g/mol. The Kier molecular flexibility index (Phi) is 11.7. The summed E-state index contributed by atoms with van der Waals surface area (Å²) < 4.78 is 30.6. The summed E-state index contributed by atoms with van der Waals surface area (Å²) in [5, 5.41) is 19.2. The lowest BCUT2D eigenvalue weighted by molar-refractivity contribution is -0.199. The third kappa shape index (κ3) is 9.22. The number of hydrogen-bond acceptors (Lipinski definition) is 9. The van der Waals surface area contributed by atoms with Gasteiger partial charge in [-0.15, -0.1) is 0 Å². The fourth-order valence-electron chi connectivity index (χ4n) is 9.40. The molecule has 5 aliphatic rings. The van der Waals surface area contributed by atoms with Crippen LogP contribution in [0.15, 0.2) is 12.1 Å². The highest BCUT2D eigenvalue weighted by molar-refractivity contribution is 6.48. The average molecular weight is 770 g/mol. The Morgan fingerprint density at radius 3 is 2.02 bits per heavy atom. The zero-order valence-electron chi connectivity index (χ0n) is 35.1. The number of benzene rings is 1. The molecule has 1 saturated heterocycles. The van der Waals surface area contributed by atoms with Crippen molar-refractivity contribution < 1.29 is 47.8 Å². The Morgan fingerprint density at radius 1 is 0.891 bits per heavy atom. The molecule has 4 aliphatic carbocycles. The van der Waals surface area contributed by atoms with E-state index in [0.29, 0.717) is 24.3 Å². The van der Waals surface area contributed by atoms with E-state index < -0.39 is 71.4 Å². The average Bonchev–Trinajstić information content (AvgIpc) is 3.39. The normalized spacial score (nSPS) is 29.2. The highest BCUT2D eigenvalue weighted by Crippen LogP contribution is 2.65. The van der Waals surface area contributed by atoms with E-state index in [-0.39, 0.29) is 47.5 Å². The standard InChI is InChI=1S/C41H64BN3O10/c1-37(2,3)26-16-15-24(34(47)48)32(51-13)25(26)21-31(42-54-30-20-23-19-29(40(23,10)11)41(30,12)55-42)45-33(46)22-14-17-27(43-35(49)52-38(4,5)6)28(18-22)44-36(50)53-39(7,8)9/h15-16,22-23,27-31H,14,17-21H2,1-13H3,(H,43,49)(H,44,50)(H,45,46)(H,47,48)/t22-,23?,27+,28+,29?,30?,31+,41?/m1/s1. The molecule has 0 aromatic heterocycles. The number of carboxylic acids is 1. The van der Waals surface area contributed by atoms with Crippen molar-refractivity contribution in [1.29, 1.82) is 0 Å². The van der Waals surface area contributed by atoms with Gasteiger partial charge in [0.15, 0.2) is 0 Å². The summed E-state index contributed by atoms with van der Waals surface area (Å²) in [5.41, 5.74) is -0.759. The summed E-state index contributed by atoms with van der Waals surface area (Å²) >= 11 is 0. The number of hydrogen-bond donors (Lipinski definition) is 4. The number of nitrogens with one attached hydrogen (secondary N) is 3. The second-order valence-electron chi connectivity index (χ2n) is 19.9. The lowest BCUT2D eigenvalue weighted by atomic mass is 9.43. The van der Waals surface area contributed by atoms with E-state index in [9.17, 15) is 24.3 Å². The molecule has 3 amide bonds. The van der Waals surface area contributed by atoms with Crippen molar-refractivity contribution in [3.05, 3.63) is 28.8 Å². The van der Waals surface area contributed by atoms with Crippen molar-refractivity contribution in [1.82, 2.24) is 16.0 Å². The maximum atomic E-state index is 14.5. The summed E-state index contributed by atoms with van der Waals surface area (Å²) in [6, 6.07) is 2.23. The molecule has 1 aromatic rings. The van der Waals surface area contributed by atoms with Gasteiger partial charge in [0.25, 0.3) is 0 Å². The summed E-state index contributed by atoms with van der Waals surface area (Å²) in [6.07, 6.45) is 1.70. The van der Waals surface area contributed by atoms with Gasteiger partial charge in [-0.3, -0.25) is 4.79 Å². The number of carbonyl (C=O) groups excluding carboxylic acids is 3. The Hall–Kier alpha value is -3.52. The van der Waals surface area contributed by atoms with Gasteiger partial charge in [0.05, 0.1) is 36.8 Å². The molecule has 55 heavy (non-hydrogen) atoms. The predicted octanol–water partition coefficient (Wildman–Crippen LogP) is 6.57. The minimum atomic E-state index is -1.12. The van der Waals surface area contributed by atoms with Crippen LogP contribution in [0.1, 0.15) is 137 Å². The van der Waals surface area contributed by atoms with Crippen LogP contribution in [0.2, 0.25) is 0 Å². The topological polar surface area (TPSA) is 171 Å². The Morgan fingerprint density at radius 2 is 1.49 bits per heavy atom. The first kappa shape index (κ1) is 42.6. The molecule has 13 nitrogen and oxygen atoms in total. The molecule has 2 bridgehead atoms. The SMILES string of the molecule is COc1c(C(=O)O)ccc(C(C)(C)C)c1C[C@H](NC(=O)[C@@H]1CC[C@H](NC(=O)OC(C)(C)C)[C@@H](NC(=O)OC(C)(C)C)C1)B1OC2CC3CC(C3(C)C)C2(C)O1. The maximum absolute atomic E-state index is 14.5. The van der Waals surface area contributed by atoms with Gasteiger partial charge in [0.1, 0.15) is 22.5 Å². The Balaban J connectivity index is 1.46. The third-order valence-corrected chi connectivity index (χ3v) is 12.2. The van der Waals surface area contributed by atoms with E-state index >= 15 is 0 Å². The Labute approximate surface area is 327 Å². The minimum absolute atomic E-state index is 0.0268. The summed E-state index contributed by atoms with van der Waals surface area (Å²) in [5.74, 6) is -1.62. The fourth-order valence-corrected chi connectivity index (χ4v) is 9.40. The van der Waals surface area contributed by atoms with Crippen LogP contribution < -0.4 is 20.7 Å². The minimum Gasteiger partial charge on any atom is -0.496 e. The number of ether oxygens (including phenoxy) is 3. The molecule has 4 N–H and O–H groups in total. The molecule has 8 atom stereocenters. The molecule has 14 heteroatoms. The molecule has 306 valence electrons. The first-order valence-corrected chi connectivity index (χ1v) is 19.8. The molecule has 4 unspecified atom stereocenters. The van der Waals surface area contributed by atoms with E-state index in [2.05, 4.69) is 36.7 Å². The van der Waals surface area contributed by atoms with Crippen LogP contribution in [0, 0.1) is 23.2 Å². The molecule has 6 rings (SSSR count).